The van der Waals surface area contributed by atoms with Crippen LogP contribution in [0.5, 0.6) is 11.5 Å². The first kappa shape index (κ1) is 21.2. The average Bonchev–Trinajstić information content (AvgIpc) is 2.97. The van der Waals surface area contributed by atoms with Crippen LogP contribution in [0.2, 0.25) is 5.02 Å². The van der Waals surface area contributed by atoms with Crippen molar-refractivity contribution in [2.24, 2.45) is 5.10 Å². The lowest BCUT2D eigenvalue weighted by atomic mass is 10.1. The Morgan fingerprint density at radius 3 is 2.52 bits per heavy atom. The molecular formula is C19H13BrClF3N2O3. The number of ether oxygens (including phenoxy) is 1. The van der Waals surface area contributed by atoms with Gasteiger partial charge in [0.2, 0.25) is 0 Å². The molecule has 152 valence electrons. The second-order valence-electron chi connectivity index (χ2n) is 5.88. The van der Waals surface area contributed by atoms with Gasteiger partial charge in [0.1, 0.15) is 0 Å². The Bertz CT molecular complexity index is 1020. The van der Waals surface area contributed by atoms with E-state index in [0.29, 0.717) is 10.0 Å². The number of phenolic OH excluding ortho intramolecular Hbond substituents is 1. The third-order valence-electron chi connectivity index (χ3n) is 3.88. The van der Waals surface area contributed by atoms with Gasteiger partial charge in [-0.2, -0.15) is 23.3 Å². The van der Waals surface area contributed by atoms with Crippen molar-refractivity contribution < 1.29 is 27.8 Å². The molecule has 0 bridgehead atoms. The summed E-state index contributed by atoms with van der Waals surface area (Å²) in [6, 6.07) is 8.39. The summed E-state index contributed by atoms with van der Waals surface area (Å²) in [5, 5.41) is 14.5. The fraction of sp³-hybridized carbons (Fsp3) is 0.158. The first-order chi connectivity index (χ1) is 13.6. The number of hydrogen-bond acceptors (Lipinski definition) is 4. The van der Waals surface area contributed by atoms with Crippen molar-refractivity contribution in [3.05, 3.63) is 57.0 Å². The standard InChI is InChI=1S/C19H13BrClF3N2O3/c1-2-29-15-9-10(8-14(20)16(15)27)7-13-17(19(22,23)24)25-26(18(13)28)12-5-3-11(21)4-6-12/h3-9,27H,2H2,1H3/b13-7-. The maximum Gasteiger partial charge on any atom is 0.435 e. The van der Waals surface area contributed by atoms with E-state index in [2.05, 4.69) is 21.0 Å². The molecule has 0 spiro atoms. The lowest BCUT2D eigenvalue weighted by molar-refractivity contribution is -0.114. The zero-order valence-electron chi connectivity index (χ0n) is 14.8. The second-order valence-corrected chi connectivity index (χ2v) is 7.17. The van der Waals surface area contributed by atoms with Crippen LogP contribution in [0.25, 0.3) is 6.08 Å². The number of benzene rings is 2. The van der Waals surface area contributed by atoms with Gasteiger partial charge in [-0.05, 0) is 70.9 Å². The van der Waals surface area contributed by atoms with E-state index in [4.69, 9.17) is 16.3 Å². The molecule has 2 aromatic rings. The van der Waals surface area contributed by atoms with Crippen LogP contribution in [0.3, 0.4) is 0 Å². The summed E-state index contributed by atoms with van der Waals surface area (Å²) in [6.07, 6.45) is -3.79. The zero-order chi connectivity index (χ0) is 21.3. The Hall–Kier alpha value is -2.52. The summed E-state index contributed by atoms with van der Waals surface area (Å²) >= 11 is 8.91. The first-order valence-corrected chi connectivity index (χ1v) is 9.42. The lowest BCUT2D eigenvalue weighted by Gasteiger charge is -2.12. The number of hydrazone groups is 1. The molecule has 0 aliphatic carbocycles. The molecule has 1 aliphatic rings. The van der Waals surface area contributed by atoms with E-state index in [1.54, 1.807) is 6.92 Å². The second kappa shape index (κ2) is 8.08. The number of carbonyl (C=O) groups excluding carboxylic acids is 1. The first-order valence-electron chi connectivity index (χ1n) is 8.25. The third kappa shape index (κ3) is 4.40. The molecule has 0 saturated carbocycles. The molecule has 0 atom stereocenters. The summed E-state index contributed by atoms with van der Waals surface area (Å²) in [5.41, 5.74) is -1.59. The van der Waals surface area contributed by atoms with E-state index in [-0.39, 0.29) is 33.8 Å². The van der Waals surface area contributed by atoms with E-state index >= 15 is 0 Å². The summed E-state index contributed by atoms with van der Waals surface area (Å²) in [5.74, 6) is -1.07. The summed E-state index contributed by atoms with van der Waals surface area (Å²) in [4.78, 5) is 12.7. The van der Waals surface area contributed by atoms with Crippen LogP contribution in [0.15, 0.2) is 51.5 Å². The Morgan fingerprint density at radius 1 is 1.28 bits per heavy atom. The van der Waals surface area contributed by atoms with Crippen molar-refractivity contribution >= 4 is 50.9 Å². The molecule has 10 heteroatoms. The van der Waals surface area contributed by atoms with Gasteiger partial charge in [-0.25, -0.2) is 0 Å². The Labute approximate surface area is 177 Å². The number of aromatic hydroxyl groups is 1. The molecule has 0 unspecified atom stereocenters. The maximum atomic E-state index is 13.5. The van der Waals surface area contributed by atoms with E-state index < -0.39 is 23.4 Å². The van der Waals surface area contributed by atoms with Crippen molar-refractivity contribution in [1.29, 1.82) is 0 Å². The number of carbonyl (C=O) groups is 1. The van der Waals surface area contributed by atoms with Crippen LogP contribution >= 0.6 is 27.5 Å². The summed E-state index contributed by atoms with van der Waals surface area (Å²) in [6.45, 7) is 1.93. The fourth-order valence-corrected chi connectivity index (χ4v) is 3.21. The van der Waals surface area contributed by atoms with Crippen LogP contribution < -0.4 is 9.75 Å². The maximum absolute atomic E-state index is 13.5. The van der Waals surface area contributed by atoms with Gasteiger partial charge in [0.25, 0.3) is 5.91 Å². The van der Waals surface area contributed by atoms with Gasteiger partial charge in [-0.1, -0.05) is 11.6 Å². The molecule has 5 nitrogen and oxygen atoms in total. The highest BCUT2D eigenvalue weighted by atomic mass is 79.9. The molecule has 1 N–H and O–H groups in total. The van der Waals surface area contributed by atoms with Gasteiger partial charge < -0.3 is 9.84 Å². The third-order valence-corrected chi connectivity index (χ3v) is 4.74. The highest BCUT2D eigenvalue weighted by Gasteiger charge is 2.46. The molecule has 1 aliphatic heterocycles. The normalized spacial score (nSPS) is 15.8. The minimum atomic E-state index is -4.85. The Morgan fingerprint density at radius 2 is 1.93 bits per heavy atom. The van der Waals surface area contributed by atoms with E-state index in [1.165, 1.54) is 36.4 Å². The van der Waals surface area contributed by atoms with Gasteiger partial charge in [0, 0.05) is 5.02 Å². The van der Waals surface area contributed by atoms with Gasteiger partial charge in [-0.15, -0.1) is 0 Å². The molecular weight excluding hydrogens is 477 g/mol. The molecule has 2 aromatic carbocycles. The van der Waals surface area contributed by atoms with E-state index in [0.717, 1.165) is 6.08 Å². The fourth-order valence-electron chi connectivity index (χ4n) is 2.62. The van der Waals surface area contributed by atoms with E-state index in [9.17, 15) is 23.1 Å². The predicted molar refractivity (Wildman–Crippen MR) is 107 cm³/mol. The minimum absolute atomic E-state index is 0.0687. The molecule has 0 aromatic heterocycles. The van der Waals surface area contributed by atoms with Crippen molar-refractivity contribution in [3.8, 4) is 11.5 Å². The number of alkyl halides is 3. The van der Waals surface area contributed by atoms with Gasteiger partial charge in [-0.3, -0.25) is 4.79 Å². The van der Waals surface area contributed by atoms with Gasteiger partial charge >= 0.3 is 6.18 Å². The minimum Gasteiger partial charge on any atom is -0.503 e. The number of rotatable bonds is 4. The zero-order valence-corrected chi connectivity index (χ0v) is 17.1. The van der Waals surface area contributed by atoms with Crippen LogP contribution in [0.1, 0.15) is 12.5 Å². The number of anilines is 1. The van der Waals surface area contributed by atoms with Crippen molar-refractivity contribution in [2.45, 2.75) is 13.1 Å². The molecule has 3 rings (SSSR count). The molecule has 1 heterocycles. The Kier molecular flexibility index (Phi) is 5.90. The van der Waals surface area contributed by atoms with Crippen molar-refractivity contribution in [1.82, 2.24) is 0 Å². The lowest BCUT2D eigenvalue weighted by Crippen LogP contribution is -2.25. The topological polar surface area (TPSA) is 62.1 Å². The molecule has 0 saturated heterocycles. The Balaban J connectivity index is 2.09. The van der Waals surface area contributed by atoms with Crippen LogP contribution in [-0.4, -0.2) is 29.5 Å². The quantitative estimate of drug-likeness (QED) is 0.573. The largest absolute Gasteiger partial charge is 0.503 e. The van der Waals surface area contributed by atoms with Crippen LogP contribution in [-0.2, 0) is 4.79 Å². The van der Waals surface area contributed by atoms with Crippen molar-refractivity contribution in [2.75, 3.05) is 11.6 Å². The number of hydrogen-bond donors (Lipinski definition) is 1. The SMILES string of the molecule is CCOc1cc(/C=C2\C(=O)N(c3ccc(Cl)cc3)N=C2C(F)(F)F)cc(Br)c1O. The average molecular weight is 490 g/mol. The highest BCUT2D eigenvalue weighted by molar-refractivity contribution is 9.10. The number of phenols is 1. The van der Waals surface area contributed by atoms with E-state index in [1.807, 2.05) is 0 Å². The van der Waals surface area contributed by atoms with Gasteiger partial charge in [0.15, 0.2) is 17.2 Å². The molecule has 29 heavy (non-hydrogen) atoms. The number of amides is 1. The van der Waals surface area contributed by atoms with Gasteiger partial charge in [0.05, 0.1) is 22.3 Å². The molecule has 1 amide bonds. The van der Waals surface area contributed by atoms with Crippen LogP contribution in [0.4, 0.5) is 18.9 Å². The smallest absolute Gasteiger partial charge is 0.435 e. The highest BCUT2D eigenvalue weighted by Crippen LogP contribution is 2.38. The van der Waals surface area contributed by atoms with Crippen molar-refractivity contribution in [3.63, 3.8) is 0 Å². The summed E-state index contributed by atoms with van der Waals surface area (Å²) < 4.78 is 46.1. The number of halogens is 5. The summed E-state index contributed by atoms with van der Waals surface area (Å²) in [7, 11) is 0. The molecule has 0 fully saturated rings. The number of nitrogens with zero attached hydrogens (tertiary/aromatic N) is 2. The van der Waals surface area contributed by atoms with Crippen LogP contribution in [0, 0.1) is 0 Å². The monoisotopic (exact) mass is 488 g/mol. The predicted octanol–water partition coefficient (Wildman–Crippen LogP) is 5.56. The molecule has 0 radical (unpaired) electrons.